The van der Waals surface area contributed by atoms with Gasteiger partial charge in [-0.2, -0.15) is 0 Å². The van der Waals surface area contributed by atoms with Crippen molar-refractivity contribution in [3.05, 3.63) is 34.1 Å². The fourth-order valence-corrected chi connectivity index (χ4v) is 4.00. The van der Waals surface area contributed by atoms with Crippen LogP contribution in [0.15, 0.2) is 22.7 Å². The lowest BCUT2D eigenvalue weighted by Gasteiger charge is -2.35. The Morgan fingerprint density at radius 1 is 1.45 bits per heavy atom. The smallest absolute Gasteiger partial charge is 0.137 e. The van der Waals surface area contributed by atoms with E-state index in [2.05, 4.69) is 21.2 Å². The minimum atomic E-state index is -0.177. The van der Waals surface area contributed by atoms with E-state index in [0.29, 0.717) is 16.5 Å². The predicted molar refractivity (Wildman–Crippen MR) is 81.2 cm³/mol. The van der Waals surface area contributed by atoms with Crippen LogP contribution >= 0.6 is 15.9 Å². The van der Waals surface area contributed by atoms with Crippen LogP contribution < -0.4 is 5.32 Å². The molecule has 1 N–H and O–H groups in total. The van der Waals surface area contributed by atoms with E-state index in [-0.39, 0.29) is 11.2 Å². The predicted octanol–water partition coefficient (Wildman–Crippen LogP) is 3.54. The lowest BCUT2D eigenvalue weighted by atomic mass is 9.74. The van der Waals surface area contributed by atoms with Gasteiger partial charge < -0.3 is 10.1 Å². The van der Waals surface area contributed by atoms with Crippen LogP contribution in [0.1, 0.15) is 24.8 Å². The molecule has 2 unspecified atom stereocenters. The normalized spacial score (nSPS) is 29.9. The van der Waals surface area contributed by atoms with E-state index in [9.17, 15) is 4.39 Å². The summed E-state index contributed by atoms with van der Waals surface area (Å²) >= 11 is 3.40. The number of nitrogens with one attached hydrogen (secondary N) is 1. The molecule has 20 heavy (non-hydrogen) atoms. The Morgan fingerprint density at radius 3 is 2.95 bits per heavy atom. The molecule has 0 spiro atoms. The Kier molecular flexibility index (Phi) is 4.16. The van der Waals surface area contributed by atoms with Gasteiger partial charge in [0, 0.05) is 18.6 Å². The van der Waals surface area contributed by atoms with Gasteiger partial charge in [-0.3, -0.25) is 0 Å². The first-order valence-electron chi connectivity index (χ1n) is 7.35. The van der Waals surface area contributed by atoms with Gasteiger partial charge in [-0.15, -0.1) is 0 Å². The summed E-state index contributed by atoms with van der Waals surface area (Å²) in [5.41, 5.74) is 1.16. The van der Waals surface area contributed by atoms with Crippen LogP contribution in [0.4, 0.5) is 4.39 Å². The standard InChI is InChI=1S/C16H21BrFNO/c1-19-10-16(7-8-20-15(16)11-5-6-11)9-12-3-2-4-13(18)14(12)17/h2-4,11,15,19H,5-10H2,1H3. The molecule has 1 heterocycles. The average molecular weight is 342 g/mol. The molecular formula is C16H21BrFNO. The highest BCUT2D eigenvalue weighted by molar-refractivity contribution is 9.10. The molecule has 0 aromatic heterocycles. The van der Waals surface area contributed by atoms with Crippen LogP contribution in [0, 0.1) is 17.2 Å². The summed E-state index contributed by atoms with van der Waals surface area (Å²) in [5.74, 6) is 0.530. The average Bonchev–Trinajstić information content (AvgIpc) is 3.18. The largest absolute Gasteiger partial charge is 0.377 e. The summed E-state index contributed by atoms with van der Waals surface area (Å²) in [6.45, 7) is 1.76. The Morgan fingerprint density at radius 2 is 2.25 bits per heavy atom. The Balaban J connectivity index is 1.88. The third kappa shape index (κ3) is 2.66. The molecular weight excluding hydrogens is 321 g/mol. The third-order valence-electron chi connectivity index (χ3n) is 4.65. The van der Waals surface area contributed by atoms with Gasteiger partial charge in [-0.1, -0.05) is 12.1 Å². The summed E-state index contributed by atoms with van der Waals surface area (Å²) < 4.78 is 20.4. The minimum Gasteiger partial charge on any atom is -0.377 e. The van der Waals surface area contributed by atoms with Crippen molar-refractivity contribution < 1.29 is 9.13 Å². The first kappa shape index (κ1) is 14.5. The van der Waals surface area contributed by atoms with Crippen molar-refractivity contribution in [2.45, 2.75) is 31.8 Å². The van der Waals surface area contributed by atoms with Gasteiger partial charge in [0.1, 0.15) is 5.82 Å². The molecule has 0 bridgehead atoms. The van der Waals surface area contributed by atoms with E-state index < -0.39 is 0 Å². The zero-order chi connectivity index (χ0) is 14.2. The van der Waals surface area contributed by atoms with E-state index >= 15 is 0 Å². The molecule has 2 atom stereocenters. The SMILES string of the molecule is CNCC1(Cc2cccc(F)c2Br)CCOC1C1CC1. The molecule has 1 aromatic rings. The second kappa shape index (κ2) is 5.74. The third-order valence-corrected chi connectivity index (χ3v) is 5.54. The Hall–Kier alpha value is -0.450. The summed E-state index contributed by atoms with van der Waals surface area (Å²) in [4.78, 5) is 0. The Labute approximate surface area is 128 Å². The van der Waals surface area contributed by atoms with Crippen molar-refractivity contribution in [2.75, 3.05) is 20.2 Å². The van der Waals surface area contributed by atoms with E-state index in [1.54, 1.807) is 6.07 Å². The van der Waals surface area contributed by atoms with Crippen LogP contribution in [0.3, 0.4) is 0 Å². The lowest BCUT2D eigenvalue weighted by Crippen LogP contribution is -2.42. The highest BCUT2D eigenvalue weighted by Gasteiger charge is 2.50. The second-order valence-corrected chi connectivity index (χ2v) is 6.95. The van der Waals surface area contributed by atoms with Gasteiger partial charge >= 0.3 is 0 Å². The maximum Gasteiger partial charge on any atom is 0.137 e. The number of ether oxygens (including phenoxy) is 1. The lowest BCUT2D eigenvalue weighted by molar-refractivity contribution is 0.0313. The summed E-state index contributed by atoms with van der Waals surface area (Å²) in [5, 5.41) is 3.33. The van der Waals surface area contributed by atoms with Crippen molar-refractivity contribution >= 4 is 15.9 Å². The highest BCUT2D eigenvalue weighted by Crippen LogP contribution is 2.49. The number of hydrogen-bond donors (Lipinski definition) is 1. The molecule has 2 fully saturated rings. The zero-order valence-electron chi connectivity index (χ0n) is 11.8. The summed E-state index contributed by atoms with van der Waals surface area (Å²) in [6, 6.07) is 5.32. The van der Waals surface area contributed by atoms with Crippen molar-refractivity contribution in [3.8, 4) is 0 Å². The summed E-state index contributed by atoms with van der Waals surface area (Å²) in [7, 11) is 1.99. The van der Waals surface area contributed by atoms with Gasteiger partial charge in [0.15, 0.2) is 0 Å². The van der Waals surface area contributed by atoms with Crippen LogP contribution in [-0.4, -0.2) is 26.3 Å². The van der Waals surface area contributed by atoms with Crippen molar-refractivity contribution in [3.63, 3.8) is 0 Å². The molecule has 0 amide bonds. The second-order valence-electron chi connectivity index (χ2n) is 6.16. The van der Waals surface area contributed by atoms with E-state index in [0.717, 1.165) is 31.6 Å². The molecule has 1 aromatic carbocycles. The van der Waals surface area contributed by atoms with Crippen molar-refractivity contribution in [2.24, 2.45) is 11.3 Å². The molecule has 1 aliphatic carbocycles. The molecule has 1 saturated carbocycles. The van der Waals surface area contributed by atoms with E-state index in [4.69, 9.17) is 4.74 Å². The quantitative estimate of drug-likeness (QED) is 0.884. The summed E-state index contributed by atoms with van der Waals surface area (Å²) in [6.07, 6.45) is 4.80. The van der Waals surface area contributed by atoms with Crippen LogP contribution in [0.5, 0.6) is 0 Å². The fourth-order valence-electron chi connectivity index (χ4n) is 3.60. The van der Waals surface area contributed by atoms with Crippen LogP contribution in [0.25, 0.3) is 0 Å². The number of halogens is 2. The molecule has 0 radical (unpaired) electrons. The monoisotopic (exact) mass is 341 g/mol. The van der Waals surface area contributed by atoms with Gasteiger partial charge in [-0.25, -0.2) is 4.39 Å². The van der Waals surface area contributed by atoms with Gasteiger partial charge in [0.05, 0.1) is 10.6 Å². The first-order chi connectivity index (χ1) is 9.66. The van der Waals surface area contributed by atoms with Gasteiger partial charge in [0.25, 0.3) is 0 Å². The van der Waals surface area contributed by atoms with Gasteiger partial charge in [0.2, 0.25) is 0 Å². The maximum atomic E-state index is 13.7. The van der Waals surface area contributed by atoms with Crippen molar-refractivity contribution in [1.82, 2.24) is 5.32 Å². The zero-order valence-corrected chi connectivity index (χ0v) is 13.4. The molecule has 1 aliphatic heterocycles. The first-order valence-corrected chi connectivity index (χ1v) is 8.15. The van der Waals surface area contributed by atoms with Crippen LogP contribution in [-0.2, 0) is 11.2 Å². The molecule has 110 valence electrons. The van der Waals surface area contributed by atoms with Crippen molar-refractivity contribution in [1.29, 1.82) is 0 Å². The van der Waals surface area contributed by atoms with E-state index in [1.807, 2.05) is 13.1 Å². The molecule has 2 nitrogen and oxygen atoms in total. The molecule has 2 aliphatic rings. The maximum absolute atomic E-state index is 13.7. The van der Waals surface area contributed by atoms with Crippen LogP contribution in [0.2, 0.25) is 0 Å². The fraction of sp³-hybridized carbons (Fsp3) is 0.625. The number of benzene rings is 1. The molecule has 1 saturated heterocycles. The number of hydrogen-bond acceptors (Lipinski definition) is 2. The molecule has 4 heteroatoms. The van der Waals surface area contributed by atoms with E-state index in [1.165, 1.54) is 18.9 Å². The highest BCUT2D eigenvalue weighted by atomic mass is 79.9. The number of rotatable bonds is 5. The van der Waals surface area contributed by atoms with Gasteiger partial charge in [-0.05, 0) is 66.2 Å². The minimum absolute atomic E-state index is 0.103. The Bertz CT molecular complexity index is 491. The molecule has 3 rings (SSSR count). The topological polar surface area (TPSA) is 21.3 Å².